The quantitative estimate of drug-likeness (QED) is 0.438. The molecule has 1 heterocycles. The molecule has 0 bridgehead atoms. The Balaban J connectivity index is 1.26. The van der Waals surface area contributed by atoms with Gasteiger partial charge in [0.1, 0.15) is 12.4 Å². The molecule has 1 aliphatic rings. The summed E-state index contributed by atoms with van der Waals surface area (Å²) in [5, 5.41) is 2.93. The van der Waals surface area contributed by atoms with Crippen molar-refractivity contribution < 1.29 is 17.9 Å². The van der Waals surface area contributed by atoms with E-state index in [1.165, 1.54) is 4.31 Å². The van der Waals surface area contributed by atoms with Gasteiger partial charge in [0, 0.05) is 18.8 Å². The third kappa shape index (κ3) is 7.41. The molecule has 1 atom stereocenters. The molecular formula is C28H32N2O4S. The van der Waals surface area contributed by atoms with Crippen molar-refractivity contribution in [2.45, 2.75) is 32.3 Å². The van der Waals surface area contributed by atoms with Gasteiger partial charge < -0.3 is 10.1 Å². The lowest BCUT2D eigenvalue weighted by atomic mass is 9.99. The van der Waals surface area contributed by atoms with E-state index in [4.69, 9.17) is 4.74 Å². The Kier molecular flexibility index (Phi) is 8.55. The Morgan fingerprint density at radius 3 is 2.26 bits per heavy atom. The average molecular weight is 493 g/mol. The van der Waals surface area contributed by atoms with Crippen molar-refractivity contribution in [3.63, 3.8) is 0 Å². The third-order valence-electron chi connectivity index (χ3n) is 6.23. The van der Waals surface area contributed by atoms with Crippen LogP contribution in [-0.4, -0.2) is 37.5 Å². The van der Waals surface area contributed by atoms with Crippen molar-refractivity contribution >= 4 is 21.6 Å². The maximum atomic E-state index is 12.9. The minimum atomic E-state index is -3.39. The van der Waals surface area contributed by atoms with Crippen molar-refractivity contribution in [2.75, 3.05) is 24.2 Å². The molecule has 0 aromatic heterocycles. The molecule has 4 rings (SSSR count). The molecule has 3 aromatic rings. The van der Waals surface area contributed by atoms with Crippen LogP contribution in [-0.2, 0) is 27.8 Å². The number of ether oxygens (including phenoxy) is 1. The van der Waals surface area contributed by atoms with Gasteiger partial charge in [-0.15, -0.1) is 0 Å². The van der Waals surface area contributed by atoms with Crippen LogP contribution in [0, 0.1) is 5.92 Å². The molecule has 35 heavy (non-hydrogen) atoms. The summed E-state index contributed by atoms with van der Waals surface area (Å²) < 4.78 is 33.1. The number of hydrogen-bond donors (Lipinski definition) is 1. The average Bonchev–Trinajstić information content (AvgIpc) is 2.89. The molecule has 1 saturated heterocycles. The fourth-order valence-electron chi connectivity index (χ4n) is 4.26. The van der Waals surface area contributed by atoms with Gasteiger partial charge in [-0.1, -0.05) is 60.7 Å². The molecule has 1 fully saturated rings. The number of aryl methyl sites for hydroxylation is 1. The number of rotatable bonds is 10. The van der Waals surface area contributed by atoms with Crippen LogP contribution in [0.5, 0.6) is 5.75 Å². The molecule has 0 unspecified atom stereocenters. The second-order valence-corrected chi connectivity index (χ2v) is 11.0. The van der Waals surface area contributed by atoms with Gasteiger partial charge in [0.05, 0.1) is 11.7 Å². The second-order valence-electron chi connectivity index (χ2n) is 8.89. The zero-order valence-electron chi connectivity index (χ0n) is 19.8. The van der Waals surface area contributed by atoms with Gasteiger partial charge >= 0.3 is 0 Å². The summed E-state index contributed by atoms with van der Waals surface area (Å²) in [6, 6.07) is 27.1. The van der Waals surface area contributed by atoms with Crippen LogP contribution < -0.4 is 10.1 Å². The van der Waals surface area contributed by atoms with Crippen LogP contribution >= 0.6 is 0 Å². The predicted molar refractivity (Wildman–Crippen MR) is 139 cm³/mol. The number of amides is 1. The first kappa shape index (κ1) is 24.9. The third-order valence-corrected chi connectivity index (χ3v) is 8.15. The highest BCUT2D eigenvalue weighted by atomic mass is 32.2. The summed E-state index contributed by atoms with van der Waals surface area (Å²) in [6.45, 7) is 1.19. The number of anilines is 1. The van der Waals surface area contributed by atoms with E-state index in [1.807, 2.05) is 72.8 Å². The van der Waals surface area contributed by atoms with E-state index in [1.54, 1.807) is 12.1 Å². The lowest BCUT2D eigenvalue weighted by Gasteiger charge is -2.31. The largest absolute Gasteiger partial charge is 0.489 e. The van der Waals surface area contributed by atoms with Gasteiger partial charge in [-0.25, -0.2) is 12.7 Å². The second kappa shape index (κ2) is 12.0. The summed E-state index contributed by atoms with van der Waals surface area (Å²) in [6.07, 6.45) is 2.66. The van der Waals surface area contributed by atoms with Gasteiger partial charge in [-0.2, -0.15) is 0 Å². The van der Waals surface area contributed by atoms with Crippen molar-refractivity contribution in [1.82, 2.24) is 4.31 Å². The Morgan fingerprint density at radius 1 is 0.914 bits per heavy atom. The van der Waals surface area contributed by atoms with Crippen LogP contribution in [0.1, 0.15) is 30.4 Å². The van der Waals surface area contributed by atoms with Crippen molar-refractivity contribution in [2.24, 2.45) is 5.92 Å². The van der Waals surface area contributed by atoms with E-state index in [0.29, 0.717) is 38.1 Å². The Morgan fingerprint density at radius 2 is 1.57 bits per heavy atom. The summed E-state index contributed by atoms with van der Waals surface area (Å²) in [4.78, 5) is 12.9. The van der Waals surface area contributed by atoms with E-state index in [-0.39, 0.29) is 24.1 Å². The number of nitrogens with one attached hydrogen (secondary N) is 1. The number of carbonyl (C=O) groups excluding carboxylic acids is 1. The Labute approximate surface area is 208 Å². The minimum Gasteiger partial charge on any atom is -0.489 e. The zero-order chi connectivity index (χ0) is 24.5. The molecule has 1 N–H and O–H groups in total. The highest BCUT2D eigenvalue weighted by Crippen LogP contribution is 2.23. The fourth-order valence-corrected chi connectivity index (χ4v) is 5.84. The Hall–Kier alpha value is -3.16. The SMILES string of the molecule is O=C(Nc1ccc(OCc2ccccc2)cc1)[C@H]1CCCN(S(=O)(=O)CCCc2ccccc2)C1. The molecule has 0 spiro atoms. The van der Waals surface area contributed by atoms with Gasteiger partial charge in [-0.3, -0.25) is 4.79 Å². The Bertz CT molecular complexity index is 1180. The fraction of sp³-hybridized carbons (Fsp3) is 0.321. The molecule has 0 saturated carbocycles. The first-order valence-electron chi connectivity index (χ1n) is 12.1. The number of hydrogen-bond acceptors (Lipinski definition) is 4. The number of piperidine rings is 1. The van der Waals surface area contributed by atoms with Crippen molar-refractivity contribution in [3.05, 3.63) is 96.1 Å². The van der Waals surface area contributed by atoms with Crippen LogP contribution in [0.3, 0.4) is 0 Å². The monoisotopic (exact) mass is 492 g/mol. The summed E-state index contributed by atoms with van der Waals surface area (Å²) in [5.41, 5.74) is 2.89. The minimum absolute atomic E-state index is 0.0979. The van der Waals surface area contributed by atoms with Crippen LogP contribution in [0.25, 0.3) is 0 Å². The van der Waals surface area contributed by atoms with Crippen molar-refractivity contribution in [1.29, 1.82) is 0 Å². The van der Waals surface area contributed by atoms with Crippen LogP contribution in [0.2, 0.25) is 0 Å². The zero-order valence-corrected chi connectivity index (χ0v) is 20.6. The lowest BCUT2D eigenvalue weighted by Crippen LogP contribution is -2.44. The standard InChI is InChI=1S/C28H32N2O4S/c31-28(29-26-15-17-27(18-16-26)34-22-24-11-5-2-6-12-24)25-14-7-19-30(21-25)35(32,33)20-8-13-23-9-3-1-4-10-23/h1-6,9-12,15-18,25H,7-8,13-14,19-22H2,(H,29,31)/t25-/m0/s1. The van der Waals surface area contributed by atoms with Gasteiger partial charge in [0.15, 0.2) is 0 Å². The molecule has 1 amide bonds. The maximum absolute atomic E-state index is 12.9. The molecule has 0 radical (unpaired) electrons. The number of benzene rings is 3. The van der Waals surface area contributed by atoms with E-state index < -0.39 is 10.0 Å². The molecule has 6 nitrogen and oxygen atoms in total. The van der Waals surface area contributed by atoms with E-state index in [2.05, 4.69) is 5.32 Å². The van der Waals surface area contributed by atoms with E-state index in [0.717, 1.165) is 23.3 Å². The summed E-state index contributed by atoms with van der Waals surface area (Å²) >= 11 is 0. The first-order chi connectivity index (χ1) is 17.0. The molecular weight excluding hydrogens is 460 g/mol. The number of sulfonamides is 1. The summed E-state index contributed by atoms with van der Waals surface area (Å²) in [7, 11) is -3.39. The lowest BCUT2D eigenvalue weighted by molar-refractivity contribution is -0.120. The predicted octanol–water partition coefficient (Wildman–Crippen LogP) is 4.88. The maximum Gasteiger partial charge on any atom is 0.228 e. The molecule has 1 aliphatic heterocycles. The number of nitrogens with zero attached hydrogens (tertiary/aromatic N) is 1. The van der Waals surface area contributed by atoms with Crippen molar-refractivity contribution in [3.8, 4) is 5.75 Å². The van der Waals surface area contributed by atoms with Crippen LogP contribution in [0.15, 0.2) is 84.9 Å². The first-order valence-corrected chi connectivity index (χ1v) is 13.7. The smallest absolute Gasteiger partial charge is 0.228 e. The van der Waals surface area contributed by atoms with E-state index >= 15 is 0 Å². The number of carbonyl (C=O) groups is 1. The molecule has 0 aliphatic carbocycles. The van der Waals surface area contributed by atoms with Gasteiger partial charge in [-0.05, 0) is 61.1 Å². The summed E-state index contributed by atoms with van der Waals surface area (Å²) in [5.74, 6) is 0.312. The molecule has 3 aromatic carbocycles. The highest BCUT2D eigenvalue weighted by molar-refractivity contribution is 7.89. The molecule has 7 heteroatoms. The van der Waals surface area contributed by atoms with Crippen LogP contribution in [0.4, 0.5) is 5.69 Å². The topological polar surface area (TPSA) is 75.7 Å². The van der Waals surface area contributed by atoms with Gasteiger partial charge in [0.2, 0.25) is 15.9 Å². The van der Waals surface area contributed by atoms with E-state index in [9.17, 15) is 13.2 Å². The highest BCUT2D eigenvalue weighted by Gasteiger charge is 2.32. The van der Waals surface area contributed by atoms with Gasteiger partial charge in [0.25, 0.3) is 0 Å². The molecule has 184 valence electrons. The normalized spacial score (nSPS) is 16.5.